The van der Waals surface area contributed by atoms with Crippen LogP contribution in [0.1, 0.15) is 30.1 Å². The van der Waals surface area contributed by atoms with Crippen molar-refractivity contribution >= 4 is 29.0 Å². The molecule has 0 saturated carbocycles. The monoisotopic (exact) mass is 399 g/mol. The molecule has 1 aromatic carbocycles. The van der Waals surface area contributed by atoms with E-state index < -0.39 is 0 Å². The summed E-state index contributed by atoms with van der Waals surface area (Å²) in [6, 6.07) is 13.7. The second kappa shape index (κ2) is 8.14. The molecule has 0 bridgehead atoms. The predicted octanol–water partition coefficient (Wildman–Crippen LogP) is 3.57. The van der Waals surface area contributed by atoms with Crippen LogP contribution < -0.4 is 5.84 Å². The van der Waals surface area contributed by atoms with Crippen LogP contribution in [0.25, 0.3) is 10.7 Å². The van der Waals surface area contributed by atoms with Crippen molar-refractivity contribution < 1.29 is 4.79 Å². The number of thiophene rings is 1. The number of rotatable bonds is 5. The van der Waals surface area contributed by atoms with Gasteiger partial charge in [-0.1, -0.05) is 48.2 Å². The van der Waals surface area contributed by atoms with E-state index in [-0.39, 0.29) is 11.2 Å². The summed E-state index contributed by atoms with van der Waals surface area (Å²) < 4.78 is 1.48. The smallest absolute Gasteiger partial charge is 0.240 e. The summed E-state index contributed by atoms with van der Waals surface area (Å²) in [4.78, 5) is 16.2. The van der Waals surface area contributed by atoms with Crippen LogP contribution in [0.2, 0.25) is 0 Å². The first-order valence-electron chi connectivity index (χ1n) is 8.99. The molecular weight excluding hydrogens is 378 g/mol. The SMILES string of the molecule is Nn1c(S[C@H](C(=O)N2CCCCC2)c2ccccc2)nnc1-c1cccs1. The van der Waals surface area contributed by atoms with Crippen molar-refractivity contribution in [3.63, 3.8) is 0 Å². The van der Waals surface area contributed by atoms with E-state index in [9.17, 15) is 4.79 Å². The molecule has 140 valence electrons. The number of amides is 1. The number of nitrogen functional groups attached to an aromatic ring is 1. The van der Waals surface area contributed by atoms with Gasteiger partial charge in [-0.3, -0.25) is 4.79 Å². The van der Waals surface area contributed by atoms with Gasteiger partial charge in [0.05, 0.1) is 4.88 Å². The molecule has 1 saturated heterocycles. The molecule has 3 heterocycles. The van der Waals surface area contributed by atoms with Crippen molar-refractivity contribution in [1.29, 1.82) is 0 Å². The fourth-order valence-electron chi connectivity index (χ4n) is 3.21. The molecule has 6 nitrogen and oxygen atoms in total. The lowest BCUT2D eigenvalue weighted by molar-refractivity contribution is -0.131. The molecule has 2 N–H and O–H groups in total. The second-order valence-electron chi connectivity index (χ2n) is 6.45. The highest BCUT2D eigenvalue weighted by Crippen LogP contribution is 2.37. The first-order valence-corrected chi connectivity index (χ1v) is 10.7. The lowest BCUT2D eigenvalue weighted by Gasteiger charge is -2.30. The van der Waals surface area contributed by atoms with E-state index in [1.165, 1.54) is 22.9 Å². The Morgan fingerprint density at radius 1 is 1.07 bits per heavy atom. The van der Waals surface area contributed by atoms with Gasteiger partial charge in [0.15, 0.2) is 5.82 Å². The summed E-state index contributed by atoms with van der Waals surface area (Å²) in [6.07, 6.45) is 3.31. The maximum absolute atomic E-state index is 13.3. The lowest BCUT2D eigenvalue weighted by atomic mass is 10.1. The van der Waals surface area contributed by atoms with Gasteiger partial charge in [0.25, 0.3) is 0 Å². The van der Waals surface area contributed by atoms with Gasteiger partial charge in [0, 0.05) is 13.1 Å². The van der Waals surface area contributed by atoms with Crippen LogP contribution in [-0.4, -0.2) is 38.8 Å². The third kappa shape index (κ3) is 3.86. The molecule has 0 radical (unpaired) electrons. The van der Waals surface area contributed by atoms with Gasteiger partial charge in [-0.15, -0.1) is 21.5 Å². The number of hydrogen-bond donors (Lipinski definition) is 1. The highest BCUT2D eigenvalue weighted by atomic mass is 32.2. The largest absolute Gasteiger partial charge is 0.341 e. The molecule has 2 aromatic heterocycles. The van der Waals surface area contributed by atoms with Gasteiger partial charge < -0.3 is 10.7 Å². The van der Waals surface area contributed by atoms with Crippen LogP contribution in [0.15, 0.2) is 53.0 Å². The zero-order chi connectivity index (χ0) is 18.6. The number of piperidine rings is 1. The molecule has 1 fully saturated rings. The number of nitrogens with two attached hydrogens (primary N) is 1. The van der Waals surface area contributed by atoms with Crippen LogP contribution in [0.4, 0.5) is 0 Å². The Morgan fingerprint density at radius 3 is 2.56 bits per heavy atom. The zero-order valence-corrected chi connectivity index (χ0v) is 16.5. The van der Waals surface area contributed by atoms with Gasteiger partial charge >= 0.3 is 0 Å². The first kappa shape index (κ1) is 18.1. The summed E-state index contributed by atoms with van der Waals surface area (Å²) in [5.41, 5.74) is 0.957. The number of carbonyl (C=O) groups is 1. The van der Waals surface area contributed by atoms with Crippen molar-refractivity contribution in [3.05, 3.63) is 53.4 Å². The summed E-state index contributed by atoms with van der Waals surface area (Å²) in [6.45, 7) is 1.64. The summed E-state index contributed by atoms with van der Waals surface area (Å²) in [7, 11) is 0. The minimum Gasteiger partial charge on any atom is -0.341 e. The second-order valence-corrected chi connectivity index (χ2v) is 8.47. The predicted molar refractivity (Wildman–Crippen MR) is 109 cm³/mol. The van der Waals surface area contributed by atoms with Crippen LogP contribution in [0.5, 0.6) is 0 Å². The van der Waals surface area contributed by atoms with Crippen LogP contribution in [0, 0.1) is 0 Å². The Bertz CT molecular complexity index is 888. The molecule has 0 unspecified atom stereocenters. The summed E-state index contributed by atoms with van der Waals surface area (Å²) in [5, 5.41) is 10.6. The molecular formula is C19H21N5OS2. The minimum absolute atomic E-state index is 0.117. The van der Waals surface area contributed by atoms with Crippen molar-refractivity contribution in [2.75, 3.05) is 18.9 Å². The van der Waals surface area contributed by atoms with Crippen molar-refractivity contribution in [2.24, 2.45) is 0 Å². The number of nitrogens with zero attached hydrogens (tertiary/aromatic N) is 4. The Morgan fingerprint density at radius 2 is 1.85 bits per heavy atom. The average molecular weight is 400 g/mol. The summed E-state index contributed by atoms with van der Waals surface area (Å²) >= 11 is 2.93. The minimum atomic E-state index is -0.382. The molecule has 1 aliphatic rings. The van der Waals surface area contributed by atoms with E-state index in [2.05, 4.69) is 10.2 Å². The molecule has 27 heavy (non-hydrogen) atoms. The highest BCUT2D eigenvalue weighted by molar-refractivity contribution is 8.00. The van der Waals surface area contributed by atoms with Crippen LogP contribution in [-0.2, 0) is 4.79 Å². The van der Waals surface area contributed by atoms with Crippen molar-refractivity contribution in [3.8, 4) is 10.7 Å². The van der Waals surface area contributed by atoms with Crippen molar-refractivity contribution in [1.82, 2.24) is 19.8 Å². The van der Waals surface area contributed by atoms with E-state index in [4.69, 9.17) is 5.84 Å². The van der Waals surface area contributed by atoms with E-state index in [0.717, 1.165) is 36.4 Å². The number of thioether (sulfide) groups is 1. The van der Waals surface area contributed by atoms with Crippen LogP contribution in [0.3, 0.4) is 0 Å². The van der Waals surface area contributed by atoms with E-state index in [1.54, 1.807) is 11.3 Å². The molecule has 0 aliphatic carbocycles. The van der Waals surface area contributed by atoms with Gasteiger partial charge in [-0.25, -0.2) is 4.68 Å². The van der Waals surface area contributed by atoms with Gasteiger partial charge in [-0.05, 0) is 36.3 Å². The Balaban J connectivity index is 1.63. The van der Waals surface area contributed by atoms with Gasteiger partial charge in [0.2, 0.25) is 11.1 Å². The molecule has 0 spiro atoms. The van der Waals surface area contributed by atoms with Gasteiger partial charge in [-0.2, -0.15) is 0 Å². The fourth-order valence-corrected chi connectivity index (χ4v) is 4.95. The Kier molecular flexibility index (Phi) is 5.45. The summed E-state index contributed by atoms with van der Waals surface area (Å²) in [5.74, 6) is 6.98. The number of likely N-dealkylation sites (tertiary alicyclic amines) is 1. The Labute approximate surface area is 166 Å². The zero-order valence-electron chi connectivity index (χ0n) is 14.8. The third-order valence-electron chi connectivity index (χ3n) is 4.62. The Hall–Kier alpha value is -2.32. The maximum atomic E-state index is 13.3. The molecule has 1 atom stereocenters. The normalized spacial score (nSPS) is 15.6. The highest BCUT2D eigenvalue weighted by Gasteiger charge is 2.30. The lowest BCUT2D eigenvalue weighted by Crippen LogP contribution is -2.38. The standard InChI is InChI=1S/C19H21N5OS2/c20-24-17(15-10-7-13-26-15)21-22-19(24)27-16(14-8-3-1-4-9-14)18(25)23-11-5-2-6-12-23/h1,3-4,7-10,13,16H,2,5-6,11-12,20H2/t16-/m0/s1. The van der Waals surface area contributed by atoms with E-state index >= 15 is 0 Å². The fraction of sp³-hybridized carbons (Fsp3) is 0.316. The average Bonchev–Trinajstić information content (AvgIpc) is 3.37. The van der Waals surface area contributed by atoms with E-state index in [1.807, 2.05) is 52.7 Å². The maximum Gasteiger partial charge on any atom is 0.240 e. The number of aromatic nitrogens is 3. The topological polar surface area (TPSA) is 77.0 Å². The third-order valence-corrected chi connectivity index (χ3v) is 6.69. The molecule has 4 rings (SSSR count). The van der Waals surface area contributed by atoms with Crippen molar-refractivity contribution in [2.45, 2.75) is 29.7 Å². The first-order chi connectivity index (χ1) is 13.2. The number of carbonyl (C=O) groups excluding carboxylic acids is 1. The number of benzene rings is 1. The quantitative estimate of drug-likeness (QED) is 0.524. The van der Waals surface area contributed by atoms with Crippen LogP contribution >= 0.6 is 23.1 Å². The molecule has 1 amide bonds. The molecule has 8 heteroatoms. The molecule has 1 aliphatic heterocycles. The van der Waals surface area contributed by atoms with Gasteiger partial charge in [0.1, 0.15) is 5.25 Å². The number of hydrogen-bond acceptors (Lipinski definition) is 6. The molecule has 3 aromatic rings. The van der Waals surface area contributed by atoms with E-state index in [0.29, 0.717) is 11.0 Å².